The van der Waals surface area contributed by atoms with E-state index in [2.05, 4.69) is 15.9 Å². The Kier molecular flexibility index (Phi) is 4.43. The quantitative estimate of drug-likeness (QED) is 0.736. The maximum atomic E-state index is 5.88. The zero-order chi connectivity index (χ0) is 10.7. The molecule has 0 radical (unpaired) electrons. The molecule has 1 aliphatic carbocycles. The van der Waals surface area contributed by atoms with Crippen LogP contribution in [-0.2, 0) is 14.2 Å². The summed E-state index contributed by atoms with van der Waals surface area (Å²) in [6.45, 7) is 2.66. The molecule has 3 atom stereocenters. The zero-order valence-corrected chi connectivity index (χ0v) is 10.7. The summed E-state index contributed by atoms with van der Waals surface area (Å²) in [6.07, 6.45) is 3.89. The van der Waals surface area contributed by atoms with Gasteiger partial charge in [-0.2, -0.15) is 0 Å². The molecule has 1 saturated heterocycles. The lowest BCUT2D eigenvalue weighted by Crippen LogP contribution is -2.50. The van der Waals surface area contributed by atoms with Crippen LogP contribution in [0.15, 0.2) is 0 Å². The lowest BCUT2D eigenvalue weighted by atomic mass is 9.91. The number of rotatable bonds is 4. The Morgan fingerprint density at radius 2 is 2.07 bits per heavy atom. The summed E-state index contributed by atoms with van der Waals surface area (Å²) in [7, 11) is 1.75. The van der Waals surface area contributed by atoms with Gasteiger partial charge in [0.1, 0.15) is 0 Å². The smallest absolute Gasteiger partial charge is 0.0958 e. The van der Waals surface area contributed by atoms with Gasteiger partial charge in [0.25, 0.3) is 0 Å². The summed E-state index contributed by atoms with van der Waals surface area (Å²) in [6, 6.07) is 0. The molecule has 0 bridgehead atoms. The summed E-state index contributed by atoms with van der Waals surface area (Å²) in [4.78, 5) is 0.474. The van der Waals surface area contributed by atoms with Crippen LogP contribution >= 0.6 is 15.9 Å². The van der Waals surface area contributed by atoms with E-state index in [1.165, 1.54) is 0 Å². The molecule has 0 aromatic heterocycles. The Labute approximate surface area is 99.6 Å². The number of hydrogen-bond acceptors (Lipinski definition) is 3. The number of hydrogen-bond donors (Lipinski definition) is 0. The molecule has 0 N–H and O–H groups in total. The molecule has 2 fully saturated rings. The third kappa shape index (κ3) is 2.93. The van der Waals surface area contributed by atoms with Crippen LogP contribution in [0.2, 0.25) is 0 Å². The van der Waals surface area contributed by atoms with E-state index in [9.17, 15) is 0 Å². The van der Waals surface area contributed by atoms with Gasteiger partial charge in [0.15, 0.2) is 0 Å². The predicted molar refractivity (Wildman–Crippen MR) is 61.4 cm³/mol. The highest BCUT2D eigenvalue weighted by atomic mass is 79.9. The van der Waals surface area contributed by atoms with Crippen molar-refractivity contribution in [3.05, 3.63) is 0 Å². The first-order valence-corrected chi connectivity index (χ1v) is 6.59. The Hall–Kier alpha value is 0.360. The molecule has 2 aliphatic rings. The van der Waals surface area contributed by atoms with Crippen LogP contribution in [0, 0.1) is 5.92 Å². The van der Waals surface area contributed by atoms with Crippen LogP contribution in [0.25, 0.3) is 0 Å². The van der Waals surface area contributed by atoms with E-state index in [0.717, 1.165) is 39.1 Å². The molecule has 0 aromatic carbocycles. The fourth-order valence-electron chi connectivity index (χ4n) is 2.16. The van der Waals surface area contributed by atoms with Gasteiger partial charge in [-0.3, -0.25) is 0 Å². The number of ether oxygens (including phenoxy) is 3. The number of halogens is 1. The maximum absolute atomic E-state index is 5.88. The van der Waals surface area contributed by atoms with E-state index in [1.807, 2.05) is 0 Å². The van der Waals surface area contributed by atoms with Gasteiger partial charge in [0, 0.05) is 25.2 Å². The minimum atomic E-state index is 0.241. The summed E-state index contributed by atoms with van der Waals surface area (Å²) in [5.74, 6) is 0.686. The third-order valence-electron chi connectivity index (χ3n) is 3.34. The molecule has 3 nitrogen and oxygen atoms in total. The first-order chi connectivity index (χ1) is 7.31. The van der Waals surface area contributed by atoms with Crippen molar-refractivity contribution in [1.29, 1.82) is 0 Å². The van der Waals surface area contributed by atoms with Crippen molar-refractivity contribution >= 4 is 15.9 Å². The fourth-order valence-corrected chi connectivity index (χ4v) is 3.09. The van der Waals surface area contributed by atoms with Gasteiger partial charge in [0.2, 0.25) is 0 Å². The standard InChI is InChI=1S/C11H19BrO3/c1-13-11-9(12)6-10(11)15-7-8-2-4-14-5-3-8/h8-11H,2-7H2,1H3. The summed E-state index contributed by atoms with van der Waals surface area (Å²) >= 11 is 3.57. The van der Waals surface area contributed by atoms with E-state index in [4.69, 9.17) is 14.2 Å². The van der Waals surface area contributed by atoms with E-state index in [0.29, 0.717) is 16.8 Å². The highest BCUT2D eigenvalue weighted by molar-refractivity contribution is 9.09. The monoisotopic (exact) mass is 278 g/mol. The van der Waals surface area contributed by atoms with Crippen LogP contribution in [0.3, 0.4) is 0 Å². The van der Waals surface area contributed by atoms with Crippen molar-refractivity contribution < 1.29 is 14.2 Å². The van der Waals surface area contributed by atoms with E-state index in [1.54, 1.807) is 7.11 Å². The highest BCUT2D eigenvalue weighted by Crippen LogP contribution is 2.33. The van der Waals surface area contributed by atoms with Crippen molar-refractivity contribution in [2.45, 2.75) is 36.3 Å². The van der Waals surface area contributed by atoms with Gasteiger partial charge in [-0.25, -0.2) is 0 Å². The van der Waals surface area contributed by atoms with Crippen molar-refractivity contribution in [3.8, 4) is 0 Å². The molecule has 4 heteroatoms. The minimum Gasteiger partial charge on any atom is -0.381 e. The second-order valence-corrected chi connectivity index (χ2v) is 5.56. The molecule has 3 unspecified atom stereocenters. The molecule has 0 aromatic rings. The summed E-state index contributed by atoms with van der Waals surface area (Å²) in [5, 5.41) is 0. The van der Waals surface area contributed by atoms with E-state index in [-0.39, 0.29) is 6.10 Å². The molecule has 15 heavy (non-hydrogen) atoms. The van der Waals surface area contributed by atoms with E-state index >= 15 is 0 Å². The van der Waals surface area contributed by atoms with Crippen molar-refractivity contribution in [1.82, 2.24) is 0 Å². The SMILES string of the molecule is COC1C(Br)CC1OCC1CCOCC1. The Bertz CT molecular complexity index is 194. The van der Waals surface area contributed by atoms with Gasteiger partial charge >= 0.3 is 0 Å². The largest absolute Gasteiger partial charge is 0.381 e. The second kappa shape index (κ2) is 5.62. The normalized spacial score (nSPS) is 37.6. The Morgan fingerprint density at radius 3 is 2.67 bits per heavy atom. The van der Waals surface area contributed by atoms with Crippen LogP contribution in [0.1, 0.15) is 19.3 Å². The third-order valence-corrected chi connectivity index (χ3v) is 4.23. The average Bonchev–Trinajstić information content (AvgIpc) is 2.26. The second-order valence-electron chi connectivity index (χ2n) is 4.38. The molecule has 2 rings (SSSR count). The van der Waals surface area contributed by atoms with Gasteiger partial charge in [-0.15, -0.1) is 0 Å². The van der Waals surface area contributed by atoms with Gasteiger partial charge in [-0.1, -0.05) is 15.9 Å². The fraction of sp³-hybridized carbons (Fsp3) is 1.00. The molecule has 88 valence electrons. The Balaban J connectivity index is 1.65. The van der Waals surface area contributed by atoms with Gasteiger partial charge in [0.05, 0.1) is 18.8 Å². The van der Waals surface area contributed by atoms with Crippen molar-refractivity contribution in [3.63, 3.8) is 0 Å². The van der Waals surface area contributed by atoms with Gasteiger partial charge in [-0.05, 0) is 25.2 Å². The molecule has 0 spiro atoms. The van der Waals surface area contributed by atoms with Crippen LogP contribution in [0.4, 0.5) is 0 Å². The Morgan fingerprint density at radius 1 is 1.33 bits per heavy atom. The molecule has 1 saturated carbocycles. The van der Waals surface area contributed by atoms with Crippen LogP contribution in [0.5, 0.6) is 0 Å². The molecule has 1 aliphatic heterocycles. The summed E-state index contributed by atoms with van der Waals surface area (Å²) < 4.78 is 16.6. The lowest BCUT2D eigenvalue weighted by molar-refractivity contribution is -0.119. The first kappa shape index (κ1) is 11.8. The molecule has 1 heterocycles. The molecule has 0 amide bonds. The van der Waals surface area contributed by atoms with Crippen LogP contribution in [-0.4, -0.2) is 44.0 Å². The van der Waals surface area contributed by atoms with Crippen LogP contribution < -0.4 is 0 Å². The molecular formula is C11H19BrO3. The number of methoxy groups -OCH3 is 1. The zero-order valence-electron chi connectivity index (χ0n) is 9.15. The van der Waals surface area contributed by atoms with Crippen molar-refractivity contribution in [2.75, 3.05) is 26.9 Å². The first-order valence-electron chi connectivity index (χ1n) is 5.67. The maximum Gasteiger partial charge on any atom is 0.0958 e. The molecular weight excluding hydrogens is 260 g/mol. The topological polar surface area (TPSA) is 27.7 Å². The lowest BCUT2D eigenvalue weighted by Gasteiger charge is -2.40. The minimum absolute atomic E-state index is 0.241. The van der Waals surface area contributed by atoms with E-state index < -0.39 is 0 Å². The highest BCUT2D eigenvalue weighted by Gasteiger charge is 2.40. The van der Waals surface area contributed by atoms with Gasteiger partial charge < -0.3 is 14.2 Å². The number of alkyl halides is 1. The predicted octanol–water partition coefficient (Wildman–Crippen LogP) is 1.98. The van der Waals surface area contributed by atoms with Crippen molar-refractivity contribution in [2.24, 2.45) is 5.92 Å². The average molecular weight is 279 g/mol. The summed E-state index contributed by atoms with van der Waals surface area (Å²) in [5.41, 5.74) is 0.